The first-order chi connectivity index (χ1) is 8.00. The van der Waals surface area contributed by atoms with Crippen molar-refractivity contribution in [1.82, 2.24) is 10.2 Å². The van der Waals surface area contributed by atoms with E-state index < -0.39 is 5.97 Å². The van der Waals surface area contributed by atoms with E-state index >= 15 is 0 Å². The largest absolute Gasteiger partial charge is 0.481 e. The number of urea groups is 1. The quantitative estimate of drug-likeness (QED) is 0.781. The van der Waals surface area contributed by atoms with Gasteiger partial charge in [0.05, 0.1) is 5.92 Å². The number of carboxylic acids is 1. The molecule has 0 aromatic rings. The van der Waals surface area contributed by atoms with Crippen molar-refractivity contribution in [1.29, 1.82) is 0 Å². The molecular weight excluding hydrogens is 220 g/mol. The van der Waals surface area contributed by atoms with Crippen LogP contribution < -0.4 is 5.32 Å². The van der Waals surface area contributed by atoms with Crippen molar-refractivity contribution in [3.05, 3.63) is 0 Å². The molecule has 0 bridgehead atoms. The lowest BCUT2D eigenvalue weighted by Gasteiger charge is -2.30. The number of amides is 2. The lowest BCUT2D eigenvalue weighted by atomic mass is 9.97. The number of nitrogens with zero attached hydrogens (tertiary/aromatic N) is 1. The molecule has 1 aliphatic heterocycles. The molecule has 0 atom stereocenters. The average molecular weight is 240 g/mol. The highest BCUT2D eigenvalue weighted by Crippen LogP contribution is 2.44. The minimum absolute atomic E-state index is 0.0398. The molecule has 1 saturated heterocycles. The Morgan fingerprint density at radius 3 is 2.41 bits per heavy atom. The average Bonchev–Trinajstić information content (AvgIpc) is 3.05. The molecule has 5 nitrogen and oxygen atoms in total. The number of piperidine rings is 1. The molecule has 17 heavy (non-hydrogen) atoms. The van der Waals surface area contributed by atoms with Crippen LogP contribution in [0.15, 0.2) is 0 Å². The fourth-order valence-electron chi connectivity index (χ4n) is 2.12. The summed E-state index contributed by atoms with van der Waals surface area (Å²) in [4.78, 5) is 24.3. The van der Waals surface area contributed by atoms with E-state index in [1.807, 2.05) is 0 Å². The number of hydrogen-bond acceptors (Lipinski definition) is 2. The number of carbonyl (C=O) groups excluding carboxylic acids is 1. The molecule has 1 aliphatic carbocycles. The summed E-state index contributed by atoms with van der Waals surface area (Å²) in [5, 5.41) is 11.8. The van der Waals surface area contributed by atoms with Gasteiger partial charge in [0.2, 0.25) is 0 Å². The van der Waals surface area contributed by atoms with Crippen LogP contribution in [0.1, 0.15) is 32.6 Å². The van der Waals surface area contributed by atoms with E-state index in [0.29, 0.717) is 31.3 Å². The smallest absolute Gasteiger partial charge is 0.317 e. The standard InChI is InChI=1S/C12H20N2O3/c1-12(4-5-12)8-13-11(17)14-6-2-9(3-7-14)10(15)16/h9H,2-8H2,1H3,(H,13,17)(H,15,16). The highest BCUT2D eigenvalue weighted by Gasteiger charge is 2.37. The second kappa shape index (κ2) is 4.55. The summed E-state index contributed by atoms with van der Waals surface area (Å²) in [6.45, 7) is 4.02. The summed E-state index contributed by atoms with van der Waals surface area (Å²) in [7, 11) is 0. The molecule has 0 aromatic heterocycles. The summed E-state index contributed by atoms with van der Waals surface area (Å²) in [5.41, 5.74) is 0.315. The van der Waals surface area contributed by atoms with Crippen molar-refractivity contribution < 1.29 is 14.7 Å². The van der Waals surface area contributed by atoms with Crippen molar-refractivity contribution in [2.24, 2.45) is 11.3 Å². The molecule has 1 heterocycles. The molecule has 0 unspecified atom stereocenters. The first-order valence-corrected chi connectivity index (χ1v) is 6.26. The second-order valence-corrected chi connectivity index (χ2v) is 5.57. The highest BCUT2D eigenvalue weighted by atomic mass is 16.4. The Hall–Kier alpha value is -1.26. The number of nitrogens with one attached hydrogen (secondary N) is 1. The van der Waals surface area contributed by atoms with E-state index in [1.165, 1.54) is 12.8 Å². The minimum atomic E-state index is -0.740. The van der Waals surface area contributed by atoms with Gasteiger partial charge in [-0.15, -0.1) is 0 Å². The Balaban J connectivity index is 1.72. The maximum Gasteiger partial charge on any atom is 0.317 e. The van der Waals surface area contributed by atoms with Gasteiger partial charge in [-0.1, -0.05) is 6.92 Å². The number of likely N-dealkylation sites (tertiary alicyclic amines) is 1. The molecule has 96 valence electrons. The first-order valence-electron chi connectivity index (χ1n) is 6.26. The monoisotopic (exact) mass is 240 g/mol. The van der Waals surface area contributed by atoms with E-state index in [4.69, 9.17) is 5.11 Å². The van der Waals surface area contributed by atoms with Gasteiger partial charge in [0.25, 0.3) is 0 Å². The Morgan fingerprint density at radius 1 is 1.35 bits per heavy atom. The fraction of sp³-hybridized carbons (Fsp3) is 0.833. The van der Waals surface area contributed by atoms with Crippen LogP contribution in [-0.2, 0) is 4.79 Å². The van der Waals surface area contributed by atoms with Crippen LogP contribution in [0.3, 0.4) is 0 Å². The third-order valence-corrected chi connectivity index (χ3v) is 3.90. The van der Waals surface area contributed by atoms with E-state index in [9.17, 15) is 9.59 Å². The zero-order valence-corrected chi connectivity index (χ0v) is 10.2. The third-order valence-electron chi connectivity index (χ3n) is 3.90. The summed E-state index contributed by atoms with van der Waals surface area (Å²) >= 11 is 0. The first kappa shape index (κ1) is 12.2. The molecule has 2 fully saturated rings. The molecule has 2 aliphatic rings. The van der Waals surface area contributed by atoms with E-state index in [-0.39, 0.29) is 11.9 Å². The molecule has 2 rings (SSSR count). The maximum atomic E-state index is 11.8. The molecule has 2 N–H and O–H groups in total. The number of aliphatic carboxylic acids is 1. The minimum Gasteiger partial charge on any atom is -0.481 e. The zero-order valence-electron chi connectivity index (χ0n) is 10.2. The Morgan fingerprint density at radius 2 is 1.94 bits per heavy atom. The van der Waals surface area contributed by atoms with Crippen LogP contribution in [0.2, 0.25) is 0 Å². The maximum absolute atomic E-state index is 11.8. The number of carboxylic acid groups (broad SMARTS) is 1. The van der Waals surface area contributed by atoms with Crippen molar-refractivity contribution in [3.8, 4) is 0 Å². The molecule has 2 amide bonds. The van der Waals surface area contributed by atoms with Crippen LogP contribution in [0.4, 0.5) is 4.79 Å². The topological polar surface area (TPSA) is 69.6 Å². The molecule has 5 heteroatoms. The summed E-state index contributed by atoms with van der Waals surface area (Å²) in [6, 6.07) is -0.0398. The van der Waals surface area contributed by atoms with Gasteiger partial charge in [0, 0.05) is 19.6 Å². The number of rotatable bonds is 3. The summed E-state index contributed by atoms with van der Waals surface area (Å²) in [5.74, 6) is -1.02. The predicted octanol–water partition coefficient (Wildman–Crippen LogP) is 1.29. The van der Waals surface area contributed by atoms with E-state index in [1.54, 1.807) is 4.90 Å². The van der Waals surface area contributed by atoms with Gasteiger partial charge < -0.3 is 15.3 Å². The van der Waals surface area contributed by atoms with E-state index in [0.717, 1.165) is 6.54 Å². The molecular formula is C12H20N2O3. The van der Waals surface area contributed by atoms with Crippen molar-refractivity contribution in [2.45, 2.75) is 32.6 Å². The number of hydrogen-bond donors (Lipinski definition) is 2. The van der Waals surface area contributed by atoms with Gasteiger partial charge in [-0.3, -0.25) is 4.79 Å². The SMILES string of the molecule is CC1(CNC(=O)N2CCC(C(=O)O)CC2)CC1. The van der Waals surface area contributed by atoms with Gasteiger partial charge in [-0.05, 0) is 31.1 Å². The molecule has 0 radical (unpaired) electrons. The lowest BCUT2D eigenvalue weighted by Crippen LogP contribution is -2.46. The van der Waals surface area contributed by atoms with Gasteiger partial charge in [0.15, 0.2) is 0 Å². The van der Waals surface area contributed by atoms with Crippen molar-refractivity contribution in [2.75, 3.05) is 19.6 Å². The summed E-state index contributed by atoms with van der Waals surface area (Å²) < 4.78 is 0. The Kier molecular flexibility index (Phi) is 3.26. The van der Waals surface area contributed by atoms with Crippen LogP contribution in [-0.4, -0.2) is 41.6 Å². The van der Waals surface area contributed by atoms with Crippen molar-refractivity contribution >= 4 is 12.0 Å². The third kappa shape index (κ3) is 3.11. The van der Waals surface area contributed by atoms with Crippen molar-refractivity contribution in [3.63, 3.8) is 0 Å². The molecule has 0 aromatic carbocycles. The predicted molar refractivity (Wildman–Crippen MR) is 62.7 cm³/mol. The normalized spacial score (nSPS) is 23.2. The van der Waals surface area contributed by atoms with Gasteiger partial charge in [-0.2, -0.15) is 0 Å². The fourth-order valence-corrected chi connectivity index (χ4v) is 2.12. The van der Waals surface area contributed by atoms with E-state index in [2.05, 4.69) is 12.2 Å². The number of carbonyl (C=O) groups is 2. The summed E-state index contributed by atoms with van der Waals surface area (Å²) in [6.07, 6.45) is 3.52. The highest BCUT2D eigenvalue weighted by molar-refractivity contribution is 5.75. The Bertz CT molecular complexity index is 318. The zero-order chi connectivity index (χ0) is 12.5. The Labute approximate surface area is 101 Å². The molecule has 1 saturated carbocycles. The van der Waals surface area contributed by atoms with Crippen LogP contribution in [0, 0.1) is 11.3 Å². The van der Waals surface area contributed by atoms with Crippen LogP contribution in [0.25, 0.3) is 0 Å². The molecule has 0 spiro atoms. The lowest BCUT2D eigenvalue weighted by molar-refractivity contribution is -0.143. The van der Waals surface area contributed by atoms with Gasteiger partial charge in [0.1, 0.15) is 0 Å². The van der Waals surface area contributed by atoms with Gasteiger partial charge >= 0.3 is 12.0 Å². The second-order valence-electron chi connectivity index (χ2n) is 5.57. The van der Waals surface area contributed by atoms with Gasteiger partial charge in [-0.25, -0.2) is 4.79 Å². The van der Waals surface area contributed by atoms with Crippen LogP contribution >= 0.6 is 0 Å². The van der Waals surface area contributed by atoms with Crippen LogP contribution in [0.5, 0.6) is 0 Å².